The van der Waals surface area contributed by atoms with Gasteiger partial charge in [0.2, 0.25) is 0 Å². The number of carbonyl (C=O) groups is 1. The van der Waals surface area contributed by atoms with Gasteiger partial charge in [0.15, 0.2) is 0 Å². The highest BCUT2D eigenvalue weighted by Crippen LogP contribution is 2.11. The second-order valence-electron chi connectivity index (χ2n) is 4.85. The molecule has 0 amide bonds. The van der Waals surface area contributed by atoms with Crippen LogP contribution in [-0.4, -0.2) is 23.2 Å². The first-order valence-corrected chi connectivity index (χ1v) is 6.51. The van der Waals surface area contributed by atoms with Gasteiger partial charge in [0.1, 0.15) is 6.04 Å². The normalized spacial score (nSPS) is 15.1. The molecule has 0 radical (unpaired) electrons. The fourth-order valence-corrected chi connectivity index (χ4v) is 1.91. The zero-order valence-electron chi connectivity index (χ0n) is 11.1. The Balaban J connectivity index is 4.26. The van der Waals surface area contributed by atoms with E-state index >= 15 is 0 Å². The second kappa shape index (κ2) is 8.57. The zero-order valence-corrected chi connectivity index (χ0v) is 11.1. The molecule has 0 aromatic rings. The van der Waals surface area contributed by atoms with Crippen LogP contribution in [0.5, 0.6) is 0 Å². The van der Waals surface area contributed by atoms with Crippen molar-refractivity contribution in [3.05, 3.63) is 0 Å². The maximum atomic E-state index is 11.1. The Hall–Kier alpha value is -0.570. The zero-order chi connectivity index (χ0) is 12.6. The summed E-state index contributed by atoms with van der Waals surface area (Å²) >= 11 is 0. The molecule has 0 aliphatic rings. The van der Waals surface area contributed by atoms with Crippen LogP contribution in [0.15, 0.2) is 0 Å². The van der Waals surface area contributed by atoms with E-state index in [1.807, 2.05) is 13.8 Å². The van der Waals surface area contributed by atoms with E-state index in [0.29, 0.717) is 6.04 Å². The van der Waals surface area contributed by atoms with Gasteiger partial charge in [-0.1, -0.05) is 47.0 Å². The Morgan fingerprint density at radius 2 is 1.81 bits per heavy atom. The van der Waals surface area contributed by atoms with Crippen molar-refractivity contribution in [3.8, 4) is 0 Å². The molecule has 0 saturated carbocycles. The van der Waals surface area contributed by atoms with Crippen molar-refractivity contribution < 1.29 is 9.90 Å². The number of carboxylic acids is 1. The minimum Gasteiger partial charge on any atom is -0.480 e. The molecule has 16 heavy (non-hydrogen) atoms. The van der Waals surface area contributed by atoms with E-state index in [-0.39, 0.29) is 5.92 Å². The Morgan fingerprint density at radius 3 is 2.19 bits per heavy atom. The van der Waals surface area contributed by atoms with Crippen LogP contribution in [0.25, 0.3) is 0 Å². The molecule has 2 atom stereocenters. The molecule has 0 aliphatic heterocycles. The molecule has 0 aliphatic carbocycles. The van der Waals surface area contributed by atoms with E-state index in [2.05, 4.69) is 19.2 Å². The van der Waals surface area contributed by atoms with Crippen LogP contribution in [0, 0.1) is 5.92 Å². The van der Waals surface area contributed by atoms with Crippen LogP contribution in [-0.2, 0) is 4.79 Å². The topological polar surface area (TPSA) is 49.3 Å². The first-order chi connectivity index (χ1) is 7.52. The maximum absolute atomic E-state index is 11.1. The third kappa shape index (κ3) is 6.11. The monoisotopic (exact) mass is 229 g/mol. The summed E-state index contributed by atoms with van der Waals surface area (Å²) in [6.07, 6.45) is 5.59. The predicted molar refractivity (Wildman–Crippen MR) is 67.6 cm³/mol. The first-order valence-electron chi connectivity index (χ1n) is 6.51. The number of nitrogens with one attached hydrogen (secondary N) is 1. The van der Waals surface area contributed by atoms with Crippen LogP contribution in [0.1, 0.15) is 59.8 Å². The molecule has 0 bridgehead atoms. The largest absolute Gasteiger partial charge is 0.480 e. The van der Waals surface area contributed by atoms with Crippen LogP contribution < -0.4 is 5.32 Å². The molecule has 0 aromatic heterocycles. The molecule has 3 nitrogen and oxygen atoms in total. The van der Waals surface area contributed by atoms with Gasteiger partial charge < -0.3 is 10.4 Å². The molecular formula is C13H27NO2. The summed E-state index contributed by atoms with van der Waals surface area (Å²) in [5.41, 5.74) is 0. The summed E-state index contributed by atoms with van der Waals surface area (Å²) < 4.78 is 0. The number of aliphatic carboxylic acids is 1. The van der Waals surface area contributed by atoms with Crippen LogP contribution >= 0.6 is 0 Å². The van der Waals surface area contributed by atoms with Gasteiger partial charge in [0, 0.05) is 6.04 Å². The Bertz CT molecular complexity index is 192. The van der Waals surface area contributed by atoms with Crippen molar-refractivity contribution >= 4 is 5.97 Å². The fourth-order valence-electron chi connectivity index (χ4n) is 1.91. The molecule has 2 unspecified atom stereocenters. The van der Waals surface area contributed by atoms with Gasteiger partial charge in [-0.25, -0.2) is 0 Å². The number of hydrogen-bond donors (Lipinski definition) is 2. The lowest BCUT2D eigenvalue weighted by molar-refractivity contribution is -0.140. The SMILES string of the molecule is CCCCC(CCC)NC(C(=O)O)C(C)C. The van der Waals surface area contributed by atoms with Crippen molar-refractivity contribution in [2.45, 2.75) is 71.9 Å². The summed E-state index contributed by atoms with van der Waals surface area (Å²) in [6.45, 7) is 8.22. The predicted octanol–water partition coefficient (Wildman–Crippen LogP) is 3.04. The minimum absolute atomic E-state index is 0.137. The summed E-state index contributed by atoms with van der Waals surface area (Å²) in [7, 11) is 0. The Labute approximate surface area is 99.6 Å². The Kier molecular flexibility index (Phi) is 8.26. The Morgan fingerprint density at radius 1 is 1.19 bits per heavy atom. The highest BCUT2D eigenvalue weighted by molar-refractivity contribution is 5.73. The van der Waals surface area contributed by atoms with Gasteiger partial charge in [-0.3, -0.25) is 4.79 Å². The van der Waals surface area contributed by atoms with Gasteiger partial charge in [-0.15, -0.1) is 0 Å². The van der Waals surface area contributed by atoms with Crippen molar-refractivity contribution in [2.75, 3.05) is 0 Å². The van der Waals surface area contributed by atoms with Crippen molar-refractivity contribution in [1.29, 1.82) is 0 Å². The van der Waals surface area contributed by atoms with Crippen LogP contribution in [0.3, 0.4) is 0 Å². The molecule has 0 saturated heterocycles. The molecule has 0 rings (SSSR count). The molecule has 2 N–H and O–H groups in total. The molecule has 96 valence electrons. The lowest BCUT2D eigenvalue weighted by atomic mass is 9.99. The third-order valence-electron chi connectivity index (χ3n) is 2.89. The average molecular weight is 229 g/mol. The molecule has 0 fully saturated rings. The van der Waals surface area contributed by atoms with E-state index in [0.717, 1.165) is 19.3 Å². The lowest BCUT2D eigenvalue weighted by Crippen LogP contribution is -2.46. The third-order valence-corrected chi connectivity index (χ3v) is 2.89. The highest BCUT2D eigenvalue weighted by atomic mass is 16.4. The van der Waals surface area contributed by atoms with Crippen LogP contribution in [0.4, 0.5) is 0 Å². The summed E-state index contributed by atoms with van der Waals surface area (Å²) in [4.78, 5) is 11.1. The smallest absolute Gasteiger partial charge is 0.320 e. The maximum Gasteiger partial charge on any atom is 0.320 e. The fraction of sp³-hybridized carbons (Fsp3) is 0.923. The first kappa shape index (κ1) is 15.4. The number of carboxylic acid groups (broad SMARTS) is 1. The summed E-state index contributed by atoms with van der Waals surface area (Å²) in [5, 5.41) is 12.4. The number of rotatable bonds is 9. The van der Waals surface area contributed by atoms with E-state index < -0.39 is 12.0 Å². The molecule has 0 aromatic carbocycles. The van der Waals surface area contributed by atoms with Gasteiger partial charge in [-0.2, -0.15) is 0 Å². The van der Waals surface area contributed by atoms with Crippen molar-refractivity contribution in [1.82, 2.24) is 5.32 Å². The quantitative estimate of drug-likeness (QED) is 0.639. The van der Waals surface area contributed by atoms with E-state index in [4.69, 9.17) is 5.11 Å². The van der Waals surface area contributed by atoms with Gasteiger partial charge in [0.25, 0.3) is 0 Å². The van der Waals surface area contributed by atoms with E-state index in [9.17, 15) is 4.79 Å². The van der Waals surface area contributed by atoms with E-state index in [1.54, 1.807) is 0 Å². The summed E-state index contributed by atoms with van der Waals surface area (Å²) in [5.74, 6) is -0.592. The molecular weight excluding hydrogens is 202 g/mol. The van der Waals surface area contributed by atoms with Gasteiger partial charge >= 0.3 is 5.97 Å². The van der Waals surface area contributed by atoms with E-state index in [1.165, 1.54) is 12.8 Å². The number of unbranched alkanes of at least 4 members (excludes halogenated alkanes) is 1. The second-order valence-corrected chi connectivity index (χ2v) is 4.85. The summed E-state index contributed by atoms with van der Waals surface area (Å²) in [6, 6.07) is -0.0538. The van der Waals surface area contributed by atoms with Gasteiger partial charge in [-0.05, 0) is 18.8 Å². The molecule has 0 heterocycles. The number of hydrogen-bond acceptors (Lipinski definition) is 2. The minimum atomic E-state index is -0.729. The highest BCUT2D eigenvalue weighted by Gasteiger charge is 2.23. The lowest BCUT2D eigenvalue weighted by Gasteiger charge is -2.25. The van der Waals surface area contributed by atoms with Gasteiger partial charge in [0.05, 0.1) is 0 Å². The molecule has 0 spiro atoms. The standard InChI is InChI=1S/C13H27NO2/c1-5-7-9-11(8-6-2)14-12(10(3)4)13(15)16/h10-12,14H,5-9H2,1-4H3,(H,15,16). The molecule has 3 heteroatoms. The van der Waals surface area contributed by atoms with Crippen molar-refractivity contribution in [2.24, 2.45) is 5.92 Å². The van der Waals surface area contributed by atoms with Crippen molar-refractivity contribution in [3.63, 3.8) is 0 Å². The van der Waals surface area contributed by atoms with Crippen LogP contribution in [0.2, 0.25) is 0 Å². The average Bonchev–Trinajstić information content (AvgIpc) is 2.21.